The molecular formula is C17H25NO. The van der Waals surface area contributed by atoms with Gasteiger partial charge in [0.05, 0.1) is 6.61 Å². The van der Waals surface area contributed by atoms with Gasteiger partial charge < -0.3 is 10.1 Å². The van der Waals surface area contributed by atoms with E-state index in [9.17, 15) is 0 Å². The molecule has 2 aliphatic rings. The van der Waals surface area contributed by atoms with Gasteiger partial charge in [0.25, 0.3) is 0 Å². The zero-order chi connectivity index (χ0) is 13.1. The SMILES string of the molecule is CCCNC(CC1CC1)c1ccc2c(c1)CCCO2. The van der Waals surface area contributed by atoms with Gasteiger partial charge in [-0.2, -0.15) is 0 Å². The molecular weight excluding hydrogens is 234 g/mol. The molecule has 0 aromatic heterocycles. The second-order valence-electron chi connectivity index (χ2n) is 6.00. The fourth-order valence-electron chi connectivity index (χ4n) is 2.94. The molecule has 1 heterocycles. The first-order valence-electron chi connectivity index (χ1n) is 7.86. The van der Waals surface area contributed by atoms with Gasteiger partial charge in [0.1, 0.15) is 5.75 Å². The van der Waals surface area contributed by atoms with E-state index in [0.717, 1.165) is 31.2 Å². The summed E-state index contributed by atoms with van der Waals surface area (Å²) in [4.78, 5) is 0. The highest BCUT2D eigenvalue weighted by molar-refractivity contribution is 5.39. The van der Waals surface area contributed by atoms with Crippen molar-refractivity contribution in [1.29, 1.82) is 0 Å². The van der Waals surface area contributed by atoms with Crippen molar-refractivity contribution in [3.05, 3.63) is 29.3 Å². The van der Waals surface area contributed by atoms with Crippen molar-refractivity contribution in [2.45, 2.75) is 51.5 Å². The molecule has 19 heavy (non-hydrogen) atoms. The van der Waals surface area contributed by atoms with E-state index >= 15 is 0 Å². The minimum Gasteiger partial charge on any atom is -0.493 e. The van der Waals surface area contributed by atoms with Gasteiger partial charge in [-0.15, -0.1) is 0 Å². The summed E-state index contributed by atoms with van der Waals surface area (Å²) in [6.45, 7) is 4.23. The summed E-state index contributed by atoms with van der Waals surface area (Å²) in [7, 11) is 0. The summed E-state index contributed by atoms with van der Waals surface area (Å²) >= 11 is 0. The first-order chi connectivity index (χ1) is 9.36. The third-order valence-corrected chi connectivity index (χ3v) is 4.24. The quantitative estimate of drug-likeness (QED) is 0.837. The number of nitrogens with one attached hydrogen (secondary N) is 1. The maximum Gasteiger partial charge on any atom is 0.122 e. The van der Waals surface area contributed by atoms with Crippen LogP contribution in [0, 0.1) is 5.92 Å². The molecule has 1 aliphatic heterocycles. The summed E-state index contributed by atoms with van der Waals surface area (Å²) in [5, 5.41) is 3.72. The van der Waals surface area contributed by atoms with Crippen LogP contribution >= 0.6 is 0 Å². The van der Waals surface area contributed by atoms with Gasteiger partial charge in [0, 0.05) is 6.04 Å². The Balaban J connectivity index is 1.75. The van der Waals surface area contributed by atoms with Crippen LogP contribution in [0.15, 0.2) is 18.2 Å². The molecule has 3 rings (SSSR count). The maximum absolute atomic E-state index is 5.71. The van der Waals surface area contributed by atoms with Crippen LogP contribution in [0.2, 0.25) is 0 Å². The topological polar surface area (TPSA) is 21.3 Å². The molecule has 2 nitrogen and oxygen atoms in total. The minimum atomic E-state index is 0.541. The smallest absolute Gasteiger partial charge is 0.122 e. The van der Waals surface area contributed by atoms with Crippen LogP contribution in [-0.2, 0) is 6.42 Å². The monoisotopic (exact) mass is 259 g/mol. The molecule has 1 aromatic rings. The van der Waals surface area contributed by atoms with E-state index in [1.54, 1.807) is 0 Å². The molecule has 1 aliphatic carbocycles. The van der Waals surface area contributed by atoms with Crippen molar-refractivity contribution in [2.24, 2.45) is 5.92 Å². The fourth-order valence-corrected chi connectivity index (χ4v) is 2.94. The molecule has 1 fully saturated rings. The molecule has 1 N–H and O–H groups in total. The lowest BCUT2D eigenvalue weighted by Gasteiger charge is -2.23. The maximum atomic E-state index is 5.71. The Labute approximate surface area is 116 Å². The van der Waals surface area contributed by atoms with Gasteiger partial charge in [-0.05, 0) is 55.3 Å². The highest BCUT2D eigenvalue weighted by Crippen LogP contribution is 2.38. The highest BCUT2D eigenvalue weighted by atomic mass is 16.5. The minimum absolute atomic E-state index is 0.541. The number of aryl methyl sites for hydroxylation is 1. The zero-order valence-corrected chi connectivity index (χ0v) is 12.0. The normalized spacial score (nSPS) is 19.6. The Kier molecular flexibility index (Phi) is 4.07. The molecule has 1 atom stereocenters. The lowest BCUT2D eigenvalue weighted by molar-refractivity contribution is 0.288. The third kappa shape index (κ3) is 3.30. The van der Waals surface area contributed by atoms with E-state index in [1.807, 2.05) is 0 Å². The number of fused-ring (bicyclic) bond motifs is 1. The summed E-state index contributed by atoms with van der Waals surface area (Å²) in [5.74, 6) is 2.07. The van der Waals surface area contributed by atoms with Crippen molar-refractivity contribution >= 4 is 0 Å². The number of hydrogen-bond donors (Lipinski definition) is 1. The van der Waals surface area contributed by atoms with Crippen molar-refractivity contribution in [1.82, 2.24) is 5.32 Å². The summed E-state index contributed by atoms with van der Waals surface area (Å²) in [6, 6.07) is 7.36. The van der Waals surface area contributed by atoms with Crippen LogP contribution in [0.25, 0.3) is 0 Å². The van der Waals surface area contributed by atoms with Gasteiger partial charge in [-0.1, -0.05) is 31.9 Å². The predicted octanol–water partition coefficient (Wildman–Crippen LogP) is 3.85. The molecule has 2 heteroatoms. The Bertz CT molecular complexity index is 425. The van der Waals surface area contributed by atoms with E-state index in [0.29, 0.717) is 6.04 Å². The van der Waals surface area contributed by atoms with Crippen molar-refractivity contribution in [3.8, 4) is 5.75 Å². The van der Waals surface area contributed by atoms with Crippen LogP contribution < -0.4 is 10.1 Å². The molecule has 0 bridgehead atoms. The number of rotatable bonds is 6. The lowest BCUT2D eigenvalue weighted by Crippen LogP contribution is -2.23. The summed E-state index contributed by atoms with van der Waals surface area (Å²) in [6.07, 6.45) is 7.70. The largest absolute Gasteiger partial charge is 0.493 e. The van der Waals surface area contributed by atoms with E-state index in [-0.39, 0.29) is 0 Å². The lowest BCUT2D eigenvalue weighted by atomic mass is 9.96. The fraction of sp³-hybridized carbons (Fsp3) is 0.647. The van der Waals surface area contributed by atoms with Crippen LogP contribution in [-0.4, -0.2) is 13.2 Å². The highest BCUT2D eigenvalue weighted by Gasteiger charge is 2.26. The van der Waals surface area contributed by atoms with Crippen molar-refractivity contribution < 1.29 is 4.74 Å². The average molecular weight is 259 g/mol. The molecule has 1 aromatic carbocycles. The van der Waals surface area contributed by atoms with Gasteiger partial charge in [0.15, 0.2) is 0 Å². The van der Waals surface area contributed by atoms with Crippen LogP contribution in [0.3, 0.4) is 0 Å². The standard InChI is InChI=1S/C17H25NO/c1-2-9-18-16(11-13-5-6-13)14-7-8-17-15(12-14)4-3-10-19-17/h7-8,12-13,16,18H,2-6,9-11H2,1H3. The second-order valence-corrected chi connectivity index (χ2v) is 6.00. The summed E-state index contributed by atoms with van der Waals surface area (Å²) < 4.78 is 5.71. The Hall–Kier alpha value is -1.02. The molecule has 1 unspecified atom stereocenters. The Morgan fingerprint density at radius 2 is 2.26 bits per heavy atom. The van der Waals surface area contributed by atoms with Crippen molar-refractivity contribution in [2.75, 3.05) is 13.2 Å². The second kappa shape index (κ2) is 5.96. The summed E-state index contributed by atoms with van der Waals surface area (Å²) in [5.41, 5.74) is 2.87. The van der Waals surface area contributed by atoms with Gasteiger partial charge >= 0.3 is 0 Å². The van der Waals surface area contributed by atoms with Crippen LogP contribution in [0.1, 0.15) is 56.2 Å². The molecule has 0 saturated heterocycles. The molecule has 104 valence electrons. The van der Waals surface area contributed by atoms with Gasteiger partial charge in [0.2, 0.25) is 0 Å². The zero-order valence-electron chi connectivity index (χ0n) is 12.0. The number of hydrogen-bond acceptors (Lipinski definition) is 2. The van der Waals surface area contributed by atoms with E-state index in [1.165, 1.54) is 43.2 Å². The van der Waals surface area contributed by atoms with Gasteiger partial charge in [-0.25, -0.2) is 0 Å². The van der Waals surface area contributed by atoms with Gasteiger partial charge in [-0.3, -0.25) is 0 Å². The molecule has 0 spiro atoms. The molecule has 0 amide bonds. The van der Waals surface area contributed by atoms with Crippen molar-refractivity contribution in [3.63, 3.8) is 0 Å². The van der Waals surface area contributed by atoms with E-state index in [4.69, 9.17) is 4.74 Å². The van der Waals surface area contributed by atoms with E-state index < -0.39 is 0 Å². The Morgan fingerprint density at radius 1 is 1.37 bits per heavy atom. The van der Waals surface area contributed by atoms with Crippen LogP contribution in [0.5, 0.6) is 5.75 Å². The predicted molar refractivity (Wildman–Crippen MR) is 78.6 cm³/mol. The average Bonchev–Trinajstić information content (AvgIpc) is 3.27. The molecule has 1 saturated carbocycles. The number of benzene rings is 1. The first kappa shape index (κ1) is 13.0. The first-order valence-corrected chi connectivity index (χ1v) is 7.86. The van der Waals surface area contributed by atoms with E-state index in [2.05, 4.69) is 30.4 Å². The number of ether oxygens (including phenoxy) is 1. The Morgan fingerprint density at radius 3 is 3.05 bits per heavy atom. The molecule has 0 radical (unpaired) electrons. The van der Waals surface area contributed by atoms with Crippen LogP contribution in [0.4, 0.5) is 0 Å². The third-order valence-electron chi connectivity index (χ3n) is 4.24.